The minimum absolute atomic E-state index is 0.0374. The monoisotopic (exact) mass is 358 g/mol. The highest BCUT2D eigenvalue weighted by Crippen LogP contribution is 2.23. The van der Waals surface area contributed by atoms with Crippen molar-refractivity contribution >= 4 is 17.7 Å². The third-order valence-electron chi connectivity index (χ3n) is 3.49. The van der Waals surface area contributed by atoms with Crippen LogP contribution in [0, 0.1) is 6.92 Å². The molecule has 0 saturated heterocycles. The van der Waals surface area contributed by atoms with Crippen LogP contribution in [-0.2, 0) is 11.3 Å². The van der Waals surface area contributed by atoms with E-state index in [0.717, 1.165) is 17.1 Å². The van der Waals surface area contributed by atoms with E-state index in [9.17, 15) is 4.79 Å². The number of thioether (sulfide) groups is 1. The summed E-state index contributed by atoms with van der Waals surface area (Å²) in [6, 6.07) is 7.37. The van der Waals surface area contributed by atoms with Gasteiger partial charge in [0, 0.05) is 37.2 Å². The zero-order valence-electron chi connectivity index (χ0n) is 14.0. The highest BCUT2D eigenvalue weighted by atomic mass is 32.2. The highest BCUT2D eigenvalue weighted by Gasteiger charge is 2.13. The molecule has 0 unspecified atom stereocenters. The van der Waals surface area contributed by atoms with E-state index in [1.165, 1.54) is 11.8 Å². The molecule has 7 nitrogen and oxygen atoms in total. The Morgan fingerprint density at radius 1 is 1.16 bits per heavy atom. The van der Waals surface area contributed by atoms with Crippen molar-refractivity contribution in [2.75, 3.05) is 12.8 Å². The lowest BCUT2D eigenvalue weighted by atomic mass is 10.3. The van der Waals surface area contributed by atoms with Crippen LogP contribution in [0.4, 0.5) is 0 Å². The molecule has 8 heteroatoms. The van der Waals surface area contributed by atoms with Gasteiger partial charge >= 0.3 is 0 Å². The van der Waals surface area contributed by atoms with Crippen molar-refractivity contribution in [1.29, 1.82) is 0 Å². The van der Waals surface area contributed by atoms with Gasteiger partial charge in [-0.3, -0.25) is 9.78 Å². The summed E-state index contributed by atoms with van der Waals surface area (Å²) in [5.74, 6) is 2.67. The van der Waals surface area contributed by atoms with Crippen LogP contribution in [0.2, 0.25) is 0 Å². The van der Waals surface area contributed by atoms with Gasteiger partial charge in [0.15, 0.2) is 0 Å². The number of pyridine rings is 1. The van der Waals surface area contributed by atoms with E-state index in [4.69, 9.17) is 8.83 Å². The zero-order chi connectivity index (χ0) is 17.6. The SMILES string of the molecule is Cc1ccc(CN(C)C(=O)CCSc2nnc(-c3ccncc3)o2)o1. The maximum atomic E-state index is 12.2. The number of hydrogen-bond acceptors (Lipinski definition) is 7. The average Bonchev–Trinajstić information content (AvgIpc) is 3.25. The summed E-state index contributed by atoms with van der Waals surface area (Å²) < 4.78 is 11.1. The molecule has 3 heterocycles. The van der Waals surface area contributed by atoms with Crippen molar-refractivity contribution in [3.8, 4) is 11.5 Å². The molecule has 3 aromatic rings. The van der Waals surface area contributed by atoms with Crippen molar-refractivity contribution in [2.45, 2.75) is 25.1 Å². The second-order valence-electron chi connectivity index (χ2n) is 5.47. The van der Waals surface area contributed by atoms with Crippen molar-refractivity contribution in [1.82, 2.24) is 20.1 Å². The van der Waals surface area contributed by atoms with Gasteiger partial charge in [-0.15, -0.1) is 10.2 Å². The summed E-state index contributed by atoms with van der Waals surface area (Å²) in [6.07, 6.45) is 3.72. The molecule has 0 aliphatic rings. The fourth-order valence-electron chi connectivity index (χ4n) is 2.19. The molecular formula is C17H18N4O3S. The van der Waals surface area contributed by atoms with E-state index in [-0.39, 0.29) is 5.91 Å². The van der Waals surface area contributed by atoms with Crippen LogP contribution in [0.15, 0.2) is 50.7 Å². The molecule has 1 amide bonds. The van der Waals surface area contributed by atoms with Gasteiger partial charge < -0.3 is 13.7 Å². The Morgan fingerprint density at radius 3 is 2.68 bits per heavy atom. The zero-order valence-corrected chi connectivity index (χ0v) is 14.8. The number of rotatable bonds is 7. The number of hydrogen-bond donors (Lipinski definition) is 0. The van der Waals surface area contributed by atoms with Gasteiger partial charge in [-0.2, -0.15) is 0 Å². The Morgan fingerprint density at radius 2 is 1.96 bits per heavy atom. The van der Waals surface area contributed by atoms with Gasteiger partial charge in [-0.1, -0.05) is 11.8 Å². The molecule has 0 aliphatic heterocycles. The summed E-state index contributed by atoms with van der Waals surface area (Å²) >= 11 is 1.37. The Labute approximate surface area is 149 Å². The van der Waals surface area contributed by atoms with Gasteiger partial charge in [0.05, 0.1) is 6.54 Å². The first-order valence-electron chi connectivity index (χ1n) is 7.78. The number of aromatic nitrogens is 3. The first kappa shape index (κ1) is 17.2. The summed E-state index contributed by atoms with van der Waals surface area (Å²) in [7, 11) is 1.76. The number of aryl methyl sites for hydroxylation is 1. The standard InChI is InChI=1S/C17H18N4O3S/c1-12-3-4-14(23-12)11-21(2)15(22)7-10-25-17-20-19-16(24-17)13-5-8-18-9-6-13/h3-6,8-9H,7,10-11H2,1-2H3. The molecule has 0 aliphatic carbocycles. The van der Waals surface area contributed by atoms with E-state index < -0.39 is 0 Å². The van der Waals surface area contributed by atoms with E-state index >= 15 is 0 Å². The van der Waals surface area contributed by atoms with Crippen molar-refractivity contribution < 1.29 is 13.6 Å². The quantitative estimate of drug-likeness (QED) is 0.600. The highest BCUT2D eigenvalue weighted by molar-refractivity contribution is 7.99. The molecule has 0 fully saturated rings. The normalized spacial score (nSPS) is 10.8. The maximum absolute atomic E-state index is 12.2. The number of carbonyl (C=O) groups is 1. The summed E-state index contributed by atoms with van der Waals surface area (Å²) in [6.45, 7) is 2.34. The molecular weight excluding hydrogens is 340 g/mol. The lowest BCUT2D eigenvalue weighted by Crippen LogP contribution is -2.26. The molecule has 0 atom stereocenters. The largest absolute Gasteiger partial charge is 0.464 e. The van der Waals surface area contributed by atoms with E-state index in [1.807, 2.05) is 19.1 Å². The first-order valence-corrected chi connectivity index (χ1v) is 8.76. The van der Waals surface area contributed by atoms with Gasteiger partial charge in [0.2, 0.25) is 11.8 Å². The molecule has 0 bridgehead atoms. The number of amides is 1. The van der Waals surface area contributed by atoms with E-state index in [1.54, 1.807) is 36.5 Å². The molecule has 0 N–H and O–H groups in total. The average molecular weight is 358 g/mol. The smallest absolute Gasteiger partial charge is 0.276 e. The third-order valence-corrected chi connectivity index (χ3v) is 4.31. The molecule has 3 rings (SSSR count). The predicted octanol–water partition coefficient (Wildman–Crippen LogP) is 3.17. The summed E-state index contributed by atoms with van der Waals surface area (Å²) in [4.78, 5) is 17.8. The van der Waals surface area contributed by atoms with Gasteiger partial charge in [-0.05, 0) is 31.2 Å². The van der Waals surface area contributed by atoms with Crippen molar-refractivity contribution in [3.63, 3.8) is 0 Å². The number of nitrogens with zero attached hydrogens (tertiary/aromatic N) is 4. The molecule has 0 aromatic carbocycles. The Kier molecular flexibility index (Phi) is 5.49. The topological polar surface area (TPSA) is 85.3 Å². The minimum atomic E-state index is 0.0374. The molecule has 130 valence electrons. The van der Waals surface area contributed by atoms with Crippen molar-refractivity contribution in [2.24, 2.45) is 0 Å². The maximum Gasteiger partial charge on any atom is 0.276 e. The molecule has 3 aromatic heterocycles. The van der Waals surface area contributed by atoms with Gasteiger partial charge in [0.25, 0.3) is 5.22 Å². The van der Waals surface area contributed by atoms with E-state index in [2.05, 4.69) is 15.2 Å². The summed E-state index contributed by atoms with van der Waals surface area (Å²) in [5.41, 5.74) is 0.818. The molecule has 25 heavy (non-hydrogen) atoms. The van der Waals surface area contributed by atoms with Gasteiger partial charge in [0.1, 0.15) is 11.5 Å². The minimum Gasteiger partial charge on any atom is -0.464 e. The van der Waals surface area contributed by atoms with Crippen LogP contribution in [0.5, 0.6) is 0 Å². The fraction of sp³-hybridized carbons (Fsp3) is 0.294. The van der Waals surface area contributed by atoms with Crippen LogP contribution < -0.4 is 0 Å². The summed E-state index contributed by atoms with van der Waals surface area (Å²) in [5, 5.41) is 8.44. The van der Waals surface area contributed by atoms with E-state index in [0.29, 0.717) is 29.8 Å². The third kappa shape index (κ3) is 4.69. The van der Waals surface area contributed by atoms with Crippen LogP contribution in [0.1, 0.15) is 17.9 Å². The number of carbonyl (C=O) groups excluding carboxylic acids is 1. The Bertz CT molecular complexity index is 831. The first-order chi connectivity index (χ1) is 12.1. The Balaban J connectivity index is 1.46. The molecule has 0 radical (unpaired) electrons. The van der Waals surface area contributed by atoms with Crippen LogP contribution >= 0.6 is 11.8 Å². The fourth-order valence-corrected chi connectivity index (χ4v) is 2.88. The van der Waals surface area contributed by atoms with Crippen LogP contribution in [0.25, 0.3) is 11.5 Å². The number of furan rings is 1. The molecule has 0 saturated carbocycles. The van der Waals surface area contributed by atoms with Crippen LogP contribution in [0.3, 0.4) is 0 Å². The molecule has 0 spiro atoms. The predicted molar refractivity (Wildman–Crippen MR) is 92.8 cm³/mol. The van der Waals surface area contributed by atoms with Crippen molar-refractivity contribution in [3.05, 3.63) is 48.2 Å². The van der Waals surface area contributed by atoms with Crippen LogP contribution in [-0.4, -0.2) is 38.8 Å². The lowest BCUT2D eigenvalue weighted by Gasteiger charge is -2.15. The Hall–Kier alpha value is -2.61. The second-order valence-corrected chi connectivity index (χ2v) is 6.52. The second kappa shape index (κ2) is 7.98. The lowest BCUT2D eigenvalue weighted by molar-refractivity contribution is -0.130. The van der Waals surface area contributed by atoms with Gasteiger partial charge in [-0.25, -0.2) is 0 Å².